The third-order valence-corrected chi connectivity index (χ3v) is 13.7. The highest BCUT2D eigenvalue weighted by Gasteiger charge is 2.34. The summed E-state index contributed by atoms with van der Waals surface area (Å²) in [6.45, 7) is 43.6. The summed E-state index contributed by atoms with van der Waals surface area (Å²) in [7, 11) is 0. The Kier molecular flexibility index (Phi) is 42.6. The van der Waals surface area contributed by atoms with Gasteiger partial charge in [-0.2, -0.15) is 0 Å². The van der Waals surface area contributed by atoms with Crippen LogP contribution < -0.4 is 37.2 Å². The molecule has 466 valence electrons. The van der Waals surface area contributed by atoms with E-state index >= 15 is 0 Å². The lowest BCUT2D eigenvalue weighted by atomic mass is 9.89. The normalized spacial score (nSPS) is 17.3. The van der Waals surface area contributed by atoms with Crippen molar-refractivity contribution in [3.8, 4) is 0 Å². The molecule has 3 aromatic rings. The summed E-state index contributed by atoms with van der Waals surface area (Å²) in [5.74, 6) is -1.73. The number of amides is 1. The number of hydrogen-bond acceptors (Lipinski definition) is 14. The number of nitrogens with zero attached hydrogens (tertiary/aromatic N) is 4. The van der Waals surface area contributed by atoms with Crippen molar-refractivity contribution in [2.24, 2.45) is 5.92 Å². The summed E-state index contributed by atoms with van der Waals surface area (Å²) >= 11 is 1.35. The topological polar surface area (TPSA) is 162 Å². The van der Waals surface area contributed by atoms with Crippen molar-refractivity contribution < 1.29 is 27.4 Å². The van der Waals surface area contributed by atoms with Crippen LogP contribution in [0.2, 0.25) is 0 Å². The molecular weight excluding hydrogens is 1050 g/mol. The summed E-state index contributed by atoms with van der Waals surface area (Å²) < 4.78 is 52.4. The molecule has 1 atom stereocenters. The molecule has 1 aromatic carbocycles. The Labute approximate surface area is 494 Å². The van der Waals surface area contributed by atoms with Crippen LogP contribution in [0.15, 0.2) is 61.4 Å². The van der Waals surface area contributed by atoms with Gasteiger partial charge in [0.1, 0.15) is 5.82 Å². The number of benzene rings is 1. The molecule has 2 aliphatic heterocycles. The number of carbonyl (C=O) groups excluding carboxylic acids is 1. The Balaban J connectivity index is 0.000000473. The van der Waals surface area contributed by atoms with Gasteiger partial charge in [0.2, 0.25) is 11.8 Å². The van der Waals surface area contributed by atoms with E-state index in [0.717, 1.165) is 86.8 Å². The lowest BCUT2D eigenvalue weighted by Gasteiger charge is -2.30. The number of rotatable bonds is 21. The van der Waals surface area contributed by atoms with Gasteiger partial charge >= 0.3 is 0 Å². The molecule has 0 bridgehead atoms. The van der Waals surface area contributed by atoms with E-state index < -0.39 is 5.92 Å². The maximum absolute atomic E-state index is 12.7. The summed E-state index contributed by atoms with van der Waals surface area (Å²) in [6, 6.07) is 15.6. The third kappa shape index (κ3) is 44.6. The standard InChI is InChI=1S/C11H14FNO.C10H21N.C9H17F2N.C9H20N2O.C9H14N2.C8H17NO.C7H11N3S/c1-8(2)13-11(14)7-9-3-5-10(12)6-4-9;1-9(2)11-8-10-6-4-3-5-7-10;1-7(2)12-8-3-5-9(10,11)6-4-8;1-9(2)10-3-4-11-5-7-12-8-6-11;1-8(2)11-7-9-5-3-4-6-10-9;1-7(2)9-6-8-4-3-5-10-8;1-5(2)9-6(3)7-4-8-10-11-7/h3-6,8H,7H2,1-2H3,(H,13,14);9-11H,3-8H2,1-2H3;7-8,12H,3-6H2,1-2H3;9-10H,3-8H2,1-2H3;3-6,8,11H,7H2,1-2H3;7-9H,3-6H2,1-2H3;4-5,9H,3H2,1-2H3. The number of hydrogen-bond donors (Lipinski definition) is 7. The fourth-order valence-electron chi connectivity index (χ4n) is 8.67. The molecule has 81 heavy (non-hydrogen) atoms. The fraction of sp³-hybridized carbons (Fsp3) is 0.746. The van der Waals surface area contributed by atoms with Crippen LogP contribution >= 0.6 is 11.5 Å². The van der Waals surface area contributed by atoms with Crippen molar-refractivity contribution in [3.63, 3.8) is 0 Å². The number of halogens is 3. The highest BCUT2D eigenvalue weighted by atomic mass is 32.1. The van der Waals surface area contributed by atoms with Crippen LogP contribution in [-0.4, -0.2) is 145 Å². The van der Waals surface area contributed by atoms with Gasteiger partial charge in [-0.3, -0.25) is 14.7 Å². The molecule has 2 saturated heterocycles. The van der Waals surface area contributed by atoms with E-state index in [1.165, 1.54) is 75.2 Å². The van der Waals surface area contributed by atoms with Crippen LogP contribution in [-0.2, 0) is 27.2 Å². The summed E-state index contributed by atoms with van der Waals surface area (Å²) in [6.07, 6.45) is 15.4. The van der Waals surface area contributed by atoms with Crippen LogP contribution in [0.5, 0.6) is 0 Å². The van der Waals surface area contributed by atoms with Crippen molar-refractivity contribution in [1.29, 1.82) is 0 Å². The monoisotopic (exact) mass is 1160 g/mol. The predicted molar refractivity (Wildman–Crippen MR) is 335 cm³/mol. The molecule has 0 radical (unpaired) electrons. The molecule has 1 unspecified atom stereocenters. The maximum atomic E-state index is 12.7. The largest absolute Gasteiger partial charge is 0.382 e. The predicted octanol–water partition coefficient (Wildman–Crippen LogP) is 11.6. The zero-order chi connectivity index (χ0) is 60.4. The summed E-state index contributed by atoms with van der Waals surface area (Å²) in [4.78, 5) is 18.9. The Bertz CT molecular complexity index is 1920. The molecule has 4 aliphatic rings. The Hall–Kier alpha value is -3.59. The Morgan fingerprint density at radius 3 is 1.81 bits per heavy atom. The highest BCUT2D eigenvalue weighted by Crippen LogP contribution is 2.33. The molecule has 2 aliphatic carbocycles. The first-order valence-electron chi connectivity index (χ1n) is 30.6. The third-order valence-electron chi connectivity index (χ3n) is 13.0. The van der Waals surface area contributed by atoms with Crippen LogP contribution in [0.1, 0.15) is 184 Å². The second-order valence-corrected chi connectivity index (χ2v) is 24.5. The van der Waals surface area contributed by atoms with Crippen molar-refractivity contribution in [3.05, 3.63) is 83.4 Å². The van der Waals surface area contributed by atoms with E-state index in [1.807, 2.05) is 52.1 Å². The van der Waals surface area contributed by atoms with E-state index in [1.54, 1.807) is 18.3 Å². The van der Waals surface area contributed by atoms with Crippen LogP contribution in [0.4, 0.5) is 13.2 Å². The number of aromatic nitrogens is 3. The number of pyridine rings is 1. The van der Waals surface area contributed by atoms with Gasteiger partial charge in [0.05, 0.1) is 42.5 Å². The van der Waals surface area contributed by atoms with Crippen molar-refractivity contribution >= 4 is 23.1 Å². The molecule has 1 amide bonds. The summed E-state index contributed by atoms with van der Waals surface area (Å²) in [5, 5.41) is 26.5. The molecule has 4 fully saturated rings. The van der Waals surface area contributed by atoms with Gasteiger partial charge in [-0.1, -0.05) is 118 Å². The smallest absolute Gasteiger partial charge is 0.248 e. The maximum Gasteiger partial charge on any atom is 0.248 e. The van der Waals surface area contributed by atoms with Crippen LogP contribution in [0, 0.1) is 11.7 Å². The molecule has 7 rings (SSSR count). The SMILES string of the molecule is C=C(NC(C)C)c1cnns1.CC(C)NC(=O)Cc1ccc(F)cc1.CC(C)NC1CCC(F)(F)CC1.CC(C)NCC1CCCCC1.CC(C)NCC1CCCO1.CC(C)NCCN1CCOCC1.CC(C)NCc1ccccn1. The van der Waals surface area contributed by atoms with E-state index in [2.05, 4.69) is 133 Å². The Morgan fingerprint density at radius 2 is 1.31 bits per heavy atom. The molecule has 14 nitrogen and oxygen atoms in total. The van der Waals surface area contributed by atoms with E-state index in [0.29, 0.717) is 67.7 Å². The van der Waals surface area contributed by atoms with Gasteiger partial charge in [0, 0.05) is 119 Å². The lowest BCUT2D eigenvalue weighted by Crippen LogP contribution is -2.41. The zero-order valence-corrected chi connectivity index (χ0v) is 53.6. The first-order chi connectivity index (χ1) is 38.4. The molecule has 2 aromatic heterocycles. The fourth-order valence-corrected chi connectivity index (χ4v) is 9.12. The summed E-state index contributed by atoms with van der Waals surface area (Å²) in [5.41, 5.74) is 2.82. The first kappa shape index (κ1) is 75.4. The minimum absolute atomic E-state index is 0.0355. The molecule has 4 heterocycles. The molecule has 7 N–H and O–H groups in total. The molecule has 18 heteroatoms. The first-order valence-corrected chi connectivity index (χ1v) is 31.4. The van der Waals surface area contributed by atoms with Gasteiger partial charge in [0.25, 0.3) is 0 Å². The number of morpholine rings is 1. The van der Waals surface area contributed by atoms with E-state index in [4.69, 9.17) is 9.47 Å². The molecule has 0 spiro atoms. The van der Waals surface area contributed by atoms with Gasteiger partial charge < -0.3 is 46.7 Å². The second kappa shape index (κ2) is 45.8. The quantitative estimate of drug-likeness (QED) is 0.0540. The van der Waals surface area contributed by atoms with Crippen molar-refractivity contribution in [1.82, 2.24) is 56.7 Å². The number of ether oxygens (including phenoxy) is 2. The van der Waals surface area contributed by atoms with Gasteiger partial charge in [-0.05, 0) is 120 Å². The zero-order valence-electron chi connectivity index (χ0n) is 52.8. The van der Waals surface area contributed by atoms with Crippen molar-refractivity contribution in [2.75, 3.05) is 59.1 Å². The lowest BCUT2D eigenvalue weighted by molar-refractivity contribution is -0.120. The Morgan fingerprint density at radius 1 is 0.704 bits per heavy atom. The minimum Gasteiger partial charge on any atom is -0.382 e. The number of alkyl halides is 2. The minimum atomic E-state index is -2.39. The van der Waals surface area contributed by atoms with Crippen LogP contribution in [0.3, 0.4) is 0 Å². The second-order valence-electron chi connectivity index (χ2n) is 23.7. The van der Waals surface area contributed by atoms with Crippen molar-refractivity contribution in [2.45, 2.75) is 241 Å². The molecular formula is C63H114F3N11O3S. The average molecular weight is 1160 g/mol. The van der Waals surface area contributed by atoms with E-state index in [9.17, 15) is 18.0 Å². The van der Waals surface area contributed by atoms with E-state index in [-0.39, 0.29) is 30.6 Å². The van der Waals surface area contributed by atoms with Gasteiger partial charge in [-0.15, -0.1) is 5.10 Å². The molecule has 2 saturated carbocycles. The number of carbonyl (C=O) groups is 1. The average Bonchev–Trinajstić information content (AvgIpc) is 4.16. The van der Waals surface area contributed by atoms with Gasteiger partial charge in [-0.25, -0.2) is 13.2 Å². The number of nitrogens with one attached hydrogen (secondary N) is 7. The highest BCUT2D eigenvalue weighted by molar-refractivity contribution is 7.06. The van der Waals surface area contributed by atoms with Crippen LogP contribution in [0.25, 0.3) is 5.70 Å². The van der Waals surface area contributed by atoms with Gasteiger partial charge in [0.15, 0.2) is 0 Å².